The molecule has 33 heavy (non-hydrogen) atoms. The molecular weight excluding hydrogens is 465 g/mol. The van der Waals surface area contributed by atoms with Crippen molar-refractivity contribution in [3.05, 3.63) is 65.6 Å². The number of nitrogens with zero attached hydrogens (tertiary/aromatic N) is 4. The Hall–Kier alpha value is -3.04. The fourth-order valence-electron chi connectivity index (χ4n) is 3.55. The van der Waals surface area contributed by atoms with Crippen LogP contribution in [0.4, 0.5) is 21.6 Å². The van der Waals surface area contributed by atoms with Crippen molar-refractivity contribution >= 4 is 46.5 Å². The number of para-hydroxylation sites is 2. The van der Waals surface area contributed by atoms with Gasteiger partial charge in [0, 0.05) is 37.4 Å². The minimum atomic E-state index is -0.577. The van der Waals surface area contributed by atoms with Gasteiger partial charge >= 0.3 is 0 Å². The van der Waals surface area contributed by atoms with Gasteiger partial charge in [0.15, 0.2) is 5.16 Å². The van der Waals surface area contributed by atoms with E-state index in [4.69, 9.17) is 16.3 Å². The maximum atomic E-state index is 13.9. The SMILES string of the molecule is COc1ccccc1N1CCN(c2ccnc(SCC(=O)Nc3ccc(Cl)cc3F)n2)CC1. The van der Waals surface area contributed by atoms with Crippen molar-refractivity contribution in [1.29, 1.82) is 0 Å². The fourth-order valence-corrected chi connectivity index (χ4v) is 4.34. The third-order valence-corrected chi connectivity index (χ3v) is 6.28. The van der Waals surface area contributed by atoms with Gasteiger partial charge < -0.3 is 19.9 Å². The normalized spacial score (nSPS) is 13.7. The van der Waals surface area contributed by atoms with Gasteiger partial charge in [-0.1, -0.05) is 35.5 Å². The van der Waals surface area contributed by atoms with Crippen LogP contribution in [0.1, 0.15) is 0 Å². The number of halogens is 2. The minimum absolute atomic E-state index is 0.0626. The number of aromatic nitrogens is 2. The van der Waals surface area contributed by atoms with Crippen molar-refractivity contribution in [3.8, 4) is 5.75 Å². The smallest absolute Gasteiger partial charge is 0.234 e. The second kappa shape index (κ2) is 10.7. The standard InChI is InChI=1S/C23H23ClFN5O2S/c1-32-20-5-3-2-4-19(20)29-10-12-30(13-11-29)21-8-9-26-23(28-21)33-15-22(31)27-18-7-6-16(24)14-17(18)25/h2-9,14H,10-13,15H2,1H3,(H,27,31). The summed E-state index contributed by atoms with van der Waals surface area (Å²) in [5.74, 6) is 0.819. The first-order chi connectivity index (χ1) is 16.0. The Morgan fingerprint density at radius 3 is 2.67 bits per heavy atom. The molecule has 1 fully saturated rings. The van der Waals surface area contributed by atoms with Crippen LogP contribution in [0.2, 0.25) is 5.02 Å². The summed E-state index contributed by atoms with van der Waals surface area (Å²) in [6.07, 6.45) is 1.69. The van der Waals surface area contributed by atoms with E-state index in [1.807, 2.05) is 24.3 Å². The molecule has 0 spiro atoms. The Labute approximate surface area is 200 Å². The molecule has 1 amide bonds. The van der Waals surface area contributed by atoms with E-state index in [9.17, 15) is 9.18 Å². The molecule has 1 aromatic heterocycles. The predicted molar refractivity (Wildman–Crippen MR) is 130 cm³/mol. The summed E-state index contributed by atoms with van der Waals surface area (Å²) in [7, 11) is 1.68. The van der Waals surface area contributed by atoms with Gasteiger partial charge in [0.25, 0.3) is 0 Å². The number of benzene rings is 2. The molecule has 10 heteroatoms. The number of piperazine rings is 1. The van der Waals surface area contributed by atoms with E-state index in [2.05, 4.69) is 31.2 Å². The van der Waals surface area contributed by atoms with Gasteiger partial charge in [-0.05, 0) is 36.4 Å². The molecule has 1 aliphatic rings. The highest BCUT2D eigenvalue weighted by atomic mass is 35.5. The van der Waals surface area contributed by atoms with Crippen molar-refractivity contribution in [2.75, 3.05) is 54.2 Å². The number of anilines is 3. The van der Waals surface area contributed by atoms with Gasteiger partial charge in [0.2, 0.25) is 5.91 Å². The van der Waals surface area contributed by atoms with Crippen molar-refractivity contribution < 1.29 is 13.9 Å². The van der Waals surface area contributed by atoms with Crippen molar-refractivity contribution in [2.24, 2.45) is 0 Å². The van der Waals surface area contributed by atoms with Gasteiger partial charge in [-0.25, -0.2) is 14.4 Å². The number of rotatable bonds is 7. The maximum Gasteiger partial charge on any atom is 0.234 e. The lowest BCUT2D eigenvalue weighted by atomic mass is 10.2. The van der Waals surface area contributed by atoms with Crippen molar-refractivity contribution in [1.82, 2.24) is 9.97 Å². The molecule has 0 aliphatic carbocycles. The second-order valence-electron chi connectivity index (χ2n) is 7.30. The summed E-state index contributed by atoms with van der Waals surface area (Å²) < 4.78 is 19.3. The van der Waals surface area contributed by atoms with E-state index in [0.29, 0.717) is 5.16 Å². The summed E-state index contributed by atoms with van der Waals surface area (Å²) in [5, 5.41) is 3.30. The number of carbonyl (C=O) groups is 1. The Morgan fingerprint density at radius 1 is 1.15 bits per heavy atom. The number of carbonyl (C=O) groups excluding carboxylic acids is 1. The van der Waals surface area contributed by atoms with E-state index >= 15 is 0 Å². The number of hydrogen-bond acceptors (Lipinski definition) is 7. The summed E-state index contributed by atoms with van der Waals surface area (Å²) in [6.45, 7) is 3.27. The van der Waals surface area contributed by atoms with Gasteiger partial charge in [0.1, 0.15) is 17.4 Å². The first-order valence-electron chi connectivity index (χ1n) is 10.4. The van der Waals surface area contributed by atoms with Crippen LogP contribution in [0, 0.1) is 5.82 Å². The monoisotopic (exact) mass is 487 g/mol. The Balaban J connectivity index is 1.32. The topological polar surface area (TPSA) is 70.6 Å². The molecule has 2 heterocycles. The van der Waals surface area contributed by atoms with Gasteiger partial charge in [-0.2, -0.15) is 0 Å². The van der Waals surface area contributed by atoms with Crippen LogP contribution in [0.25, 0.3) is 0 Å². The molecule has 0 saturated carbocycles. The van der Waals surface area contributed by atoms with E-state index in [1.54, 1.807) is 13.3 Å². The zero-order valence-corrected chi connectivity index (χ0v) is 19.6. The molecule has 0 bridgehead atoms. The molecule has 2 aromatic carbocycles. The summed E-state index contributed by atoms with van der Waals surface area (Å²) in [5.41, 5.74) is 1.18. The molecule has 172 valence electrons. The first kappa shape index (κ1) is 23.1. The fraction of sp³-hybridized carbons (Fsp3) is 0.261. The lowest BCUT2D eigenvalue weighted by Gasteiger charge is -2.37. The molecule has 1 saturated heterocycles. The average Bonchev–Trinajstić information content (AvgIpc) is 2.85. The van der Waals surface area contributed by atoms with Gasteiger partial charge in [-0.3, -0.25) is 4.79 Å². The van der Waals surface area contributed by atoms with Crippen LogP contribution in [0.3, 0.4) is 0 Å². The summed E-state index contributed by atoms with van der Waals surface area (Å²) in [4.78, 5) is 25.6. The quantitative estimate of drug-likeness (QED) is 0.392. The third kappa shape index (κ3) is 5.85. The van der Waals surface area contributed by atoms with E-state index < -0.39 is 5.82 Å². The highest BCUT2D eigenvalue weighted by Crippen LogP contribution is 2.29. The first-order valence-corrected chi connectivity index (χ1v) is 11.7. The molecule has 0 unspecified atom stereocenters. The van der Waals surface area contributed by atoms with Crippen molar-refractivity contribution in [2.45, 2.75) is 5.16 Å². The van der Waals surface area contributed by atoms with Crippen molar-refractivity contribution in [3.63, 3.8) is 0 Å². The molecule has 1 N–H and O–H groups in total. The summed E-state index contributed by atoms with van der Waals surface area (Å²) >= 11 is 6.94. The van der Waals surface area contributed by atoms with Gasteiger partial charge in [-0.15, -0.1) is 0 Å². The molecule has 1 aliphatic heterocycles. The number of nitrogens with one attached hydrogen (secondary N) is 1. The number of thioether (sulfide) groups is 1. The van der Waals surface area contributed by atoms with Crippen LogP contribution in [-0.4, -0.2) is 54.9 Å². The largest absolute Gasteiger partial charge is 0.495 e. The Morgan fingerprint density at radius 2 is 1.91 bits per heavy atom. The molecule has 7 nitrogen and oxygen atoms in total. The Kier molecular flexibility index (Phi) is 7.51. The molecular formula is C23H23ClFN5O2S. The lowest BCUT2D eigenvalue weighted by molar-refractivity contribution is -0.113. The molecule has 3 aromatic rings. The number of methoxy groups -OCH3 is 1. The lowest BCUT2D eigenvalue weighted by Crippen LogP contribution is -2.47. The van der Waals surface area contributed by atoms with Crippen LogP contribution >= 0.6 is 23.4 Å². The van der Waals surface area contributed by atoms with Crippen LogP contribution in [0.15, 0.2) is 59.9 Å². The number of ether oxygens (including phenoxy) is 1. The Bertz CT molecular complexity index is 1130. The predicted octanol–water partition coefficient (Wildman–Crippen LogP) is 4.34. The summed E-state index contributed by atoms with van der Waals surface area (Å²) in [6, 6.07) is 14.0. The zero-order valence-electron chi connectivity index (χ0n) is 18.0. The molecule has 4 rings (SSSR count). The molecule has 0 radical (unpaired) electrons. The number of hydrogen-bond donors (Lipinski definition) is 1. The van der Waals surface area contributed by atoms with E-state index in [1.165, 1.54) is 23.9 Å². The minimum Gasteiger partial charge on any atom is -0.495 e. The van der Waals surface area contributed by atoms with E-state index in [-0.39, 0.29) is 22.4 Å². The maximum absolute atomic E-state index is 13.9. The highest BCUT2D eigenvalue weighted by Gasteiger charge is 2.21. The average molecular weight is 488 g/mol. The highest BCUT2D eigenvalue weighted by molar-refractivity contribution is 7.99. The zero-order chi connectivity index (χ0) is 23.2. The van der Waals surface area contributed by atoms with E-state index in [0.717, 1.165) is 49.5 Å². The molecule has 0 atom stereocenters. The van der Waals surface area contributed by atoms with Gasteiger partial charge in [0.05, 0.1) is 24.2 Å². The third-order valence-electron chi connectivity index (χ3n) is 5.19. The van der Waals surface area contributed by atoms with Crippen LogP contribution in [0.5, 0.6) is 5.75 Å². The van der Waals surface area contributed by atoms with Crippen LogP contribution in [-0.2, 0) is 4.79 Å². The number of amides is 1. The second-order valence-corrected chi connectivity index (χ2v) is 8.68. The van der Waals surface area contributed by atoms with Crippen LogP contribution < -0.4 is 19.9 Å².